The normalized spacial score (nSPS) is 14.9. The van der Waals surface area contributed by atoms with Gasteiger partial charge in [0.15, 0.2) is 0 Å². The number of imidazole rings is 1. The van der Waals surface area contributed by atoms with Crippen LogP contribution >= 0.6 is 0 Å². The Kier molecular flexibility index (Phi) is 3.74. The first kappa shape index (κ1) is 13.2. The zero-order valence-electron chi connectivity index (χ0n) is 12.1. The predicted molar refractivity (Wildman–Crippen MR) is 79.0 cm³/mol. The Morgan fingerprint density at radius 3 is 3.10 bits per heavy atom. The molecule has 0 fully saturated rings. The van der Waals surface area contributed by atoms with Gasteiger partial charge in [-0.15, -0.1) is 0 Å². The SMILES string of the molecule is CCCNC(c1cccc2c1OCC2)c1nccn1C. The van der Waals surface area contributed by atoms with Crippen molar-refractivity contribution in [2.45, 2.75) is 25.8 Å². The minimum Gasteiger partial charge on any atom is -0.493 e. The van der Waals surface area contributed by atoms with Gasteiger partial charge in [0.05, 0.1) is 12.6 Å². The maximum atomic E-state index is 5.85. The summed E-state index contributed by atoms with van der Waals surface area (Å²) in [5.41, 5.74) is 2.50. The van der Waals surface area contributed by atoms with Gasteiger partial charge < -0.3 is 14.6 Å². The van der Waals surface area contributed by atoms with Crippen LogP contribution in [0.15, 0.2) is 30.6 Å². The standard InChI is InChI=1S/C16H21N3O/c1-3-8-17-14(16-18-9-10-19(16)2)13-6-4-5-12-7-11-20-15(12)13/h4-6,9-10,14,17H,3,7-8,11H2,1-2H3. The van der Waals surface area contributed by atoms with Gasteiger partial charge in [0.25, 0.3) is 0 Å². The number of hydrogen-bond acceptors (Lipinski definition) is 3. The first-order valence-corrected chi connectivity index (χ1v) is 7.26. The molecule has 0 saturated heterocycles. The van der Waals surface area contributed by atoms with Crippen LogP contribution in [0, 0.1) is 0 Å². The molecule has 1 unspecified atom stereocenters. The highest BCUT2D eigenvalue weighted by Gasteiger charge is 2.25. The third-order valence-corrected chi connectivity index (χ3v) is 3.77. The van der Waals surface area contributed by atoms with Gasteiger partial charge in [-0.25, -0.2) is 4.98 Å². The summed E-state index contributed by atoms with van der Waals surface area (Å²) in [5.74, 6) is 2.08. The van der Waals surface area contributed by atoms with E-state index in [1.165, 1.54) is 11.1 Å². The van der Waals surface area contributed by atoms with E-state index in [4.69, 9.17) is 4.74 Å². The molecule has 4 nitrogen and oxygen atoms in total. The molecule has 0 amide bonds. The second kappa shape index (κ2) is 5.67. The molecule has 1 aromatic heterocycles. The third kappa shape index (κ3) is 2.31. The summed E-state index contributed by atoms with van der Waals surface area (Å²) >= 11 is 0. The fraction of sp³-hybridized carbons (Fsp3) is 0.438. The van der Waals surface area contributed by atoms with E-state index in [2.05, 4.69) is 40.0 Å². The second-order valence-electron chi connectivity index (χ2n) is 5.22. The van der Waals surface area contributed by atoms with Crippen molar-refractivity contribution >= 4 is 0 Å². The van der Waals surface area contributed by atoms with E-state index >= 15 is 0 Å². The molecule has 1 atom stereocenters. The molecule has 1 aromatic carbocycles. The number of aryl methyl sites for hydroxylation is 1. The molecule has 1 aliphatic rings. The zero-order chi connectivity index (χ0) is 13.9. The summed E-state index contributed by atoms with van der Waals surface area (Å²) in [6.07, 6.45) is 5.93. The minimum absolute atomic E-state index is 0.0861. The van der Waals surface area contributed by atoms with Gasteiger partial charge >= 0.3 is 0 Å². The molecule has 106 valence electrons. The number of aromatic nitrogens is 2. The summed E-state index contributed by atoms with van der Waals surface area (Å²) in [7, 11) is 2.03. The fourth-order valence-electron chi connectivity index (χ4n) is 2.75. The van der Waals surface area contributed by atoms with E-state index in [1.54, 1.807) is 0 Å². The Morgan fingerprint density at radius 2 is 2.35 bits per heavy atom. The van der Waals surface area contributed by atoms with Crippen molar-refractivity contribution in [1.82, 2.24) is 14.9 Å². The molecule has 0 bridgehead atoms. The van der Waals surface area contributed by atoms with E-state index < -0.39 is 0 Å². The highest BCUT2D eigenvalue weighted by atomic mass is 16.5. The largest absolute Gasteiger partial charge is 0.493 e. The monoisotopic (exact) mass is 271 g/mol. The van der Waals surface area contributed by atoms with Gasteiger partial charge in [-0.3, -0.25) is 0 Å². The number of nitrogens with one attached hydrogen (secondary N) is 1. The van der Waals surface area contributed by atoms with Crippen LogP contribution in [0.25, 0.3) is 0 Å². The smallest absolute Gasteiger partial charge is 0.130 e. The molecule has 0 aliphatic carbocycles. The number of benzene rings is 1. The lowest BCUT2D eigenvalue weighted by Crippen LogP contribution is -2.26. The molecule has 4 heteroatoms. The molecule has 0 radical (unpaired) electrons. The average Bonchev–Trinajstić information content (AvgIpc) is 3.09. The number of fused-ring (bicyclic) bond motifs is 1. The lowest BCUT2D eigenvalue weighted by Gasteiger charge is -2.21. The summed E-state index contributed by atoms with van der Waals surface area (Å²) in [6.45, 7) is 3.92. The molecule has 20 heavy (non-hydrogen) atoms. The van der Waals surface area contributed by atoms with E-state index in [9.17, 15) is 0 Å². The molecule has 2 aromatic rings. The number of nitrogens with zero attached hydrogens (tertiary/aromatic N) is 2. The maximum absolute atomic E-state index is 5.85. The number of para-hydroxylation sites is 1. The van der Waals surface area contributed by atoms with Crippen molar-refractivity contribution in [3.05, 3.63) is 47.5 Å². The van der Waals surface area contributed by atoms with E-state index in [1.807, 2.05) is 19.4 Å². The Bertz CT molecular complexity index is 591. The first-order chi connectivity index (χ1) is 9.81. The quantitative estimate of drug-likeness (QED) is 0.908. The maximum Gasteiger partial charge on any atom is 0.130 e. The van der Waals surface area contributed by atoms with Crippen LogP contribution in [0.4, 0.5) is 0 Å². The van der Waals surface area contributed by atoms with E-state index in [-0.39, 0.29) is 6.04 Å². The predicted octanol–water partition coefficient (Wildman–Crippen LogP) is 2.44. The van der Waals surface area contributed by atoms with Crippen LogP contribution in [-0.4, -0.2) is 22.7 Å². The summed E-state index contributed by atoms with van der Waals surface area (Å²) in [5, 5.41) is 3.60. The van der Waals surface area contributed by atoms with Crippen molar-refractivity contribution in [3.8, 4) is 5.75 Å². The lowest BCUT2D eigenvalue weighted by molar-refractivity contribution is 0.349. The lowest BCUT2D eigenvalue weighted by atomic mass is 10.0. The third-order valence-electron chi connectivity index (χ3n) is 3.77. The molecule has 1 N–H and O–H groups in total. The van der Waals surface area contributed by atoms with Crippen LogP contribution in [0.2, 0.25) is 0 Å². The van der Waals surface area contributed by atoms with Crippen molar-refractivity contribution < 1.29 is 4.74 Å². The van der Waals surface area contributed by atoms with Crippen LogP contribution in [0.1, 0.15) is 36.3 Å². The van der Waals surface area contributed by atoms with Gasteiger partial charge in [-0.05, 0) is 18.5 Å². The van der Waals surface area contributed by atoms with Crippen LogP contribution in [-0.2, 0) is 13.5 Å². The number of rotatable bonds is 5. The summed E-state index contributed by atoms with van der Waals surface area (Å²) in [6, 6.07) is 6.50. The average molecular weight is 271 g/mol. The van der Waals surface area contributed by atoms with Gasteiger partial charge in [0, 0.05) is 31.4 Å². The molecular formula is C16H21N3O. The molecular weight excluding hydrogens is 250 g/mol. The molecule has 3 rings (SSSR count). The van der Waals surface area contributed by atoms with E-state index in [0.717, 1.165) is 37.6 Å². The highest BCUT2D eigenvalue weighted by Crippen LogP contribution is 2.35. The molecule has 2 heterocycles. The van der Waals surface area contributed by atoms with Crippen molar-refractivity contribution in [2.24, 2.45) is 7.05 Å². The molecule has 0 spiro atoms. The van der Waals surface area contributed by atoms with Gasteiger partial charge in [-0.2, -0.15) is 0 Å². The van der Waals surface area contributed by atoms with Gasteiger partial charge in [0.2, 0.25) is 0 Å². The zero-order valence-corrected chi connectivity index (χ0v) is 12.1. The van der Waals surface area contributed by atoms with Crippen LogP contribution in [0.5, 0.6) is 5.75 Å². The highest BCUT2D eigenvalue weighted by molar-refractivity contribution is 5.47. The second-order valence-corrected chi connectivity index (χ2v) is 5.22. The van der Waals surface area contributed by atoms with Gasteiger partial charge in [-0.1, -0.05) is 25.1 Å². The van der Waals surface area contributed by atoms with Crippen LogP contribution in [0.3, 0.4) is 0 Å². The topological polar surface area (TPSA) is 39.1 Å². The van der Waals surface area contributed by atoms with E-state index in [0.29, 0.717) is 0 Å². The Labute approximate surface area is 119 Å². The first-order valence-electron chi connectivity index (χ1n) is 7.26. The van der Waals surface area contributed by atoms with Crippen molar-refractivity contribution in [2.75, 3.05) is 13.2 Å². The minimum atomic E-state index is 0.0861. The Balaban J connectivity index is 2.02. The molecule has 1 aliphatic heterocycles. The van der Waals surface area contributed by atoms with Crippen LogP contribution < -0.4 is 10.1 Å². The summed E-state index contributed by atoms with van der Waals surface area (Å²) in [4.78, 5) is 4.52. The molecule has 0 saturated carbocycles. The van der Waals surface area contributed by atoms with Gasteiger partial charge in [0.1, 0.15) is 11.6 Å². The van der Waals surface area contributed by atoms with Crippen molar-refractivity contribution in [3.63, 3.8) is 0 Å². The van der Waals surface area contributed by atoms with Crippen molar-refractivity contribution in [1.29, 1.82) is 0 Å². The summed E-state index contributed by atoms with van der Waals surface area (Å²) < 4.78 is 7.92. The Hall–Kier alpha value is -1.81. The number of hydrogen-bond donors (Lipinski definition) is 1. The fourth-order valence-corrected chi connectivity index (χ4v) is 2.75. The Morgan fingerprint density at radius 1 is 1.45 bits per heavy atom. The number of ether oxygens (including phenoxy) is 1.